The second-order valence-corrected chi connectivity index (χ2v) is 4.10. The summed E-state index contributed by atoms with van der Waals surface area (Å²) in [6, 6.07) is 0. The number of amides is 1. The topological polar surface area (TPSA) is 64.6 Å². The van der Waals surface area contributed by atoms with Gasteiger partial charge in [-0.15, -0.1) is 0 Å². The van der Waals surface area contributed by atoms with Crippen LogP contribution in [0.3, 0.4) is 0 Å². The number of nitrogens with one attached hydrogen (secondary N) is 1. The van der Waals surface area contributed by atoms with Crippen molar-refractivity contribution in [3.8, 4) is 0 Å². The van der Waals surface area contributed by atoms with Crippen LogP contribution in [-0.2, 0) is 14.3 Å². The Balaban J connectivity index is 3.62. The summed E-state index contributed by atoms with van der Waals surface area (Å²) in [6.07, 6.45) is 0.391. The van der Waals surface area contributed by atoms with Crippen LogP contribution in [-0.4, -0.2) is 31.8 Å². The summed E-state index contributed by atoms with van der Waals surface area (Å²) in [5.41, 5.74) is 0. The van der Waals surface area contributed by atoms with Crippen molar-refractivity contribution in [1.29, 1.82) is 0 Å². The molecule has 94 valence electrons. The number of esters is 1. The average molecular weight is 231 g/mol. The van der Waals surface area contributed by atoms with E-state index in [9.17, 15) is 9.59 Å². The lowest BCUT2D eigenvalue weighted by atomic mass is 10.1. The van der Waals surface area contributed by atoms with Crippen molar-refractivity contribution >= 4 is 12.1 Å². The van der Waals surface area contributed by atoms with Crippen LogP contribution in [0.1, 0.15) is 33.6 Å². The first-order chi connectivity index (χ1) is 7.45. The maximum absolute atomic E-state index is 11.3. The molecular weight excluding hydrogens is 210 g/mol. The van der Waals surface area contributed by atoms with Gasteiger partial charge in [-0.3, -0.25) is 4.79 Å². The zero-order valence-corrected chi connectivity index (χ0v) is 10.4. The zero-order chi connectivity index (χ0) is 12.6. The van der Waals surface area contributed by atoms with E-state index in [4.69, 9.17) is 4.74 Å². The van der Waals surface area contributed by atoms with Gasteiger partial charge in [0.05, 0.1) is 19.6 Å². The van der Waals surface area contributed by atoms with E-state index >= 15 is 0 Å². The second kappa shape index (κ2) is 7.96. The average Bonchev–Trinajstić information content (AvgIpc) is 2.15. The van der Waals surface area contributed by atoms with Crippen LogP contribution in [0.25, 0.3) is 0 Å². The van der Waals surface area contributed by atoms with Gasteiger partial charge in [-0.05, 0) is 19.3 Å². The van der Waals surface area contributed by atoms with Gasteiger partial charge < -0.3 is 14.8 Å². The Morgan fingerprint density at radius 2 is 1.88 bits per heavy atom. The molecule has 5 nitrogen and oxygen atoms in total. The molecule has 0 saturated heterocycles. The molecule has 1 atom stereocenters. The lowest BCUT2D eigenvalue weighted by molar-refractivity contribution is -0.148. The molecule has 0 saturated carbocycles. The van der Waals surface area contributed by atoms with Crippen LogP contribution in [0.2, 0.25) is 0 Å². The van der Waals surface area contributed by atoms with Crippen molar-refractivity contribution in [2.45, 2.75) is 39.7 Å². The maximum Gasteiger partial charge on any atom is 0.406 e. The molecule has 16 heavy (non-hydrogen) atoms. The normalized spacial score (nSPS) is 12.1. The Bertz CT molecular complexity index is 228. The number of carbonyl (C=O) groups excluding carboxylic acids is 2. The molecule has 0 aliphatic rings. The third kappa shape index (κ3) is 8.08. The molecule has 0 aromatic rings. The van der Waals surface area contributed by atoms with Gasteiger partial charge in [-0.1, -0.05) is 13.8 Å². The van der Waals surface area contributed by atoms with Gasteiger partial charge in [0.1, 0.15) is 0 Å². The summed E-state index contributed by atoms with van der Waals surface area (Å²) in [6.45, 7) is 6.25. The smallest absolute Gasteiger partial charge is 0.406 e. The Labute approximate surface area is 96.5 Å². The molecule has 1 unspecified atom stereocenters. The molecule has 0 aromatic carbocycles. The minimum atomic E-state index is -0.539. The Hall–Kier alpha value is -1.26. The number of alkyl carbamates (subject to hydrolysis) is 1. The predicted molar refractivity (Wildman–Crippen MR) is 60.0 cm³/mol. The first-order valence-corrected chi connectivity index (χ1v) is 5.47. The minimum absolute atomic E-state index is 0.0781. The van der Waals surface area contributed by atoms with Gasteiger partial charge >= 0.3 is 12.1 Å². The maximum atomic E-state index is 11.3. The van der Waals surface area contributed by atoms with E-state index in [-0.39, 0.29) is 25.0 Å². The van der Waals surface area contributed by atoms with E-state index < -0.39 is 6.09 Å². The highest BCUT2D eigenvalue weighted by Crippen LogP contribution is 2.08. The van der Waals surface area contributed by atoms with Gasteiger partial charge in [0.15, 0.2) is 0 Å². The van der Waals surface area contributed by atoms with Gasteiger partial charge in [0.25, 0.3) is 0 Å². The first kappa shape index (κ1) is 14.7. The molecule has 1 N–H and O–H groups in total. The largest absolute Gasteiger partial charge is 0.463 e. The van der Waals surface area contributed by atoms with E-state index in [1.165, 1.54) is 7.11 Å². The van der Waals surface area contributed by atoms with Crippen LogP contribution in [0.4, 0.5) is 4.79 Å². The van der Waals surface area contributed by atoms with E-state index in [0.717, 1.165) is 6.42 Å². The number of hydrogen-bond donors (Lipinski definition) is 1. The molecular formula is C11H21NO4. The van der Waals surface area contributed by atoms with E-state index in [2.05, 4.69) is 23.9 Å². The summed E-state index contributed by atoms with van der Waals surface area (Å²) in [4.78, 5) is 22.0. The van der Waals surface area contributed by atoms with Gasteiger partial charge in [0, 0.05) is 6.54 Å². The molecule has 0 aromatic heterocycles. The van der Waals surface area contributed by atoms with Crippen LogP contribution in [0.15, 0.2) is 0 Å². The van der Waals surface area contributed by atoms with Gasteiger partial charge in [0.2, 0.25) is 0 Å². The van der Waals surface area contributed by atoms with Crippen LogP contribution < -0.4 is 5.32 Å². The van der Waals surface area contributed by atoms with Crippen molar-refractivity contribution in [2.24, 2.45) is 5.92 Å². The number of rotatable bonds is 6. The molecule has 0 aliphatic heterocycles. The number of carbonyl (C=O) groups is 2. The van der Waals surface area contributed by atoms with Crippen molar-refractivity contribution in [2.75, 3.05) is 13.7 Å². The third-order valence-corrected chi connectivity index (χ3v) is 1.92. The van der Waals surface area contributed by atoms with Crippen molar-refractivity contribution in [3.05, 3.63) is 0 Å². The summed E-state index contributed by atoms with van der Waals surface area (Å²) in [5.74, 6) is 0.195. The molecule has 0 spiro atoms. The minimum Gasteiger partial charge on any atom is -0.463 e. The lowest BCUT2D eigenvalue weighted by Crippen LogP contribution is -2.27. The standard InChI is InChI=1S/C11H21NO4/c1-8(2)7-9(3)16-10(13)5-6-12-11(14)15-4/h8-9H,5-7H2,1-4H3,(H,12,14). The van der Waals surface area contributed by atoms with Crippen LogP contribution in [0, 0.1) is 5.92 Å². The fraction of sp³-hybridized carbons (Fsp3) is 0.818. The highest BCUT2D eigenvalue weighted by Gasteiger charge is 2.11. The zero-order valence-electron chi connectivity index (χ0n) is 10.4. The van der Waals surface area contributed by atoms with Crippen molar-refractivity contribution < 1.29 is 19.1 Å². The number of ether oxygens (including phenoxy) is 2. The SMILES string of the molecule is COC(=O)NCCC(=O)OC(C)CC(C)C. The van der Waals surface area contributed by atoms with E-state index in [1.54, 1.807) is 0 Å². The molecule has 0 radical (unpaired) electrons. The van der Waals surface area contributed by atoms with Gasteiger partial charge in [-0.2, -0.15) is 0 Å². The molecule has 1 amide bonds. The molecule has 0 heterocycles. The summed E-state index contributed by atoms with van der Waals surface area (Å²) < 4.78 is 9.51. The van der Waals surface area contributed by atoms with Crippen molar-refractivity contribution in [3.63, 3.8) is 0 Å². The van der Waals surface area contributed by atoms with Gasteiger partial charge in [-0.25, -0.2) is 4.79 Å². The lowest BCUT2D eigenvalue weighted by Gasteiger charge is -2.15. The van der Waals surface area contributed by atoms with Crippen LogP contribution >= 0.6 is 0 Å². The third-order valence-electron chi connectivity index (χ3n) is 1.92. The Kier molecular flexibility index (Phi) is 7.33. The number of methoxy groups -OCH3 is 1. The predicted octanol–water partition coefficient (Wildman–Crippen LogP) is 1.71. The number of hydrogen-bond acceptors (Lipinski definition) is 4. The summed E-state index contributed by atoms with van der Waals surface area (Å²) in [5, 5.41) is 2.42. The van der Waals surface area contributed by atoms with Crippen molar-refractivity contribution in [1.82, 2.24) is 5.32 Å². The molecule has 0 bridgehead atoms. The van der Waals surface area contributed by atoms with E-state index in [0.29, 0.717) is 5.92 Å². The highest BCUT2D eigenvalue weighted by atomic mass is 16.5. The molecule has 0 fully saturated rings. The van der Waals surface area contributed by atoms with Crippen LogP contribution in [0.5, 0.6) is 0 Å². The second-order valence-electron chi connectivity index (χ2n) is 4.10. The van der Waals surface area contributed by atoms with E-state index in [1.807, 2.05) is 6.92 Å². The monoisotopic (exact) mass is 231 g/mol. The Morgan fingerprint density at radius 3 is 2.38 bits per heavy atom. The summed E-state index contributed by atoms with van der Waals surface area (Å²) in [7, 11) is 1.28. The first-order valence-electron chi connectivity index (χ1n) is 5.47. The molecule has 0 aliphatic carbocycles. The fourth-order valence-electron chi connectivity index (χ4n) is 1.33. The molecule has 5 heteroatoms. The fourth-order valence-corrected chi connectivity index (χ4v) is 1.33. The quantitative estimate of drug-likeness (QED) is 0.707. The molecule has 0 rings (SSSR count). The summed E-state index contributed by atoms with van der Waals surface area (Å²) >= 11 is 0. The highest BCUT2D eigenvalue weighted by molar-refractivity contribution is 5.71. The Morgan fingerprint density at radius 1 is 1.25 bits per heavy atom.